The van der Waals surface area contributed by atoms with Crippen LogP contribution < -0.4 is 0 Å². The molecule has 4 heteroatoms. The van der Waals surface area contributed by atoms with E-state index >= 15 is 0 Å². The summed E-state index contributed by atoms with van der Waals surface area (Å²) in [6, 6.07) is 12.5. The summed E-state index contributed by atoms with van der Waals surface area (Å²) in [6.45, 7) is 0. The predicted molar refractivity (Wildman–Crippen MR) is 45.1 cm³/mol. The smallest absolute Gasteiger partial charge is 0 e. The van der Waals surface area contributed by atoms with E-state index in [4.69, 9.17) is 0 Å². The van der Waals surface area contributed by atoms with Crippen molar-refractivity contribution >= 4 is 24.8 Å². The molecule has 58 valence electrons. The Kier molecular flexibility index (Phi) is 36.6. The third-order valence-electron chi connectivity index (χ3n) is 0.607. The minimum absolute atomic E-state index is 0. The summed E-state index contributed by atoms with van der Waals surface area (Å²) >= 11 is 0. The van der Waals surface area contributed by atoms with E-state index in [1.807, 2.05) is 30.3 Å². The van der Waals surface area contributed by atoms with Gasteiger partial charge in [0.05, 0.1) is 0 Å². The third kappa shape index (κ3) is 11.4. The molecule has 1 rings (SSSR count). The molecule has 0 radical (unpaired) electrons. The molecule has 0 aliphatic carbocycles. The average Bonchev–Trinajstić information content (AvgIpc) is 1.72. The molecule has 0 saturated heterocycles. The fourth-order valence-corrected chi connectivity index (χ4v) is 0.342. The van der Waals surface area contributed by atoms with Gasteiger partial charge in [-0.05, 0) is 0 Å². The molecule has 10 heavy (non-hydrogen) atoms. The van der Waals surface area contributed by atoms with Crippen molar-refractivity contribution in [3.05, 3.63) is 42.5 Å². The average molecular weight is 345 g/mol. The standard InChI is InChI=1S/C6H5.2ClH.Hf.H2N/c1-2-4-6-5-3-1;;;;/h1-5H;2*1H;;1H2/q-1;;;;-1. The Labute approximate surface area is 92.8 Å². The van der Waals surface area contributed by atoms with Gasteiger partial charge in [-0.15, -0.1) is 24.8 Å². The monoisotopic (exact) mass is 345 g/mol. The quantitative estimate of drug-likeness (QED) is 0.512. The topological polar surface area (TPSA) is 33.5 Å². The molecule has 0 heterocycles. The molecule has 0 spiro atoms. The van der Waals surface area contributed by atoms with Crippen LogP contribution in [0.1, 0.15) is 0 Å². The van der Waals surface area contributed by atoms with Gasteiger partial charge in [-0.3, -0.25) is 0 Å². The first kappa shape index (κ1) is 22.4. The molecular formula is C6H9Cl2HfN-2. The van der Waals surface area contributed by atoms with Crippen molar-refractivity contribution in [2.24, 2.45) is 0 Å². The first-order valence-corrected chi connectivity index (χ1v) is 1.91. The zero-order valence-corrected chi connectivity index (χ0v) is 10.5. The summed E-state index contributed by atoms with van der Waals surface area (Å²) in [5.74, 6) is 0. The Morgan fingerprint density at radius 2 is 1.20 bits per heavy atom. The van der Waals surface area contributed by atoms with Crippen molar-refractivity contribution in [1.29, 1.82) is 0 Å². The Balaban J connectivity index is -0.0000000450. The largest absolute Gasteiger partial charge is 0.693 e. The molecule has 0 amide bonds. The van der Waals surface area contributed by atoms with E-state index in [-0.39, 0.29) is 56.8 Å². The second-order valence-electron chi connectivity index (χ2n) is 1.08. The first-order valence-electron chi connectivity index (χ1n) is 1.91. The summed E-state index contributed by atoms with van der Waals surface area (Å²) in [5, 5.41) is 0. The van der Waals surface area contributed by atoms with E-state index in [1.165, 1.54) is 0 Å². The molecule has 0 atom stereocenters. The molecule has 1 aromatic rings. The summed E-state index contributed by atoms with van der Waals surface area (Å²) < 4.78 is 0. The van der Waals surface area contributed by atoms with Crippen molar-refractivity contribution in [1.82, 2.24) is 0 Å². The number of benzene rings is 1. The Morgan fingerprint density at radius 1 is 0.800 bits per heavy atom. The van der Waals surface area contributed by atoms with Crippen molar-refractivity contribution in [3.8, 4) is 0 Å². The third-order valence-corrected chi connectivity index (χ3v) is 0.607. The van der Waals surface area contributed by atoms with E-state index in [9.17, 15) is 0 Å². The van der Waals surface area contributed by atoms with Crippen molar-refractivity contribution in [3.63, 3.8) is 0 Å². The van der Waals surface area contributed by atoms with Gasteiger partial charge in [0.1, 0.15) is 0 Å². The van der Waals surface area contributed by atoms with Crippen molar-refractivity contribution in [2.75, 3.05) is 0 Å². The molecule has 0 aromatic heterocycles. The van der Waals surface area contributed by atoms with Gasteiger partial charge in [0, 0.05) is 25.8 Å². The van der Waals surface area contributed by atoms with E-state index < -0.39 is 0 Å². The van der Waals surface area contributed by atoms with Crippen LogP contribution >= 0.6 is 24.8 Å². The molecule has 0 fully saturated rings. The molecule has 0 saturated carbocycles. The maximum atomic E-state index is 2.89. The molecule has 0 aliphatic rings. The van der Waals surface area contributed by atoms with E-state index in [0.717, 1.165) is 0 Å². The van der Waals surface area contributed by atoms with Crippen LogP contribution in [-0.2, 0) is 25.8 Å². The van der Waals surface area contributed by atoms with Gasteiger partial charge >= 0.3 is 0 Å². The van der Waals surface area contributed by atoms with Crippen LogP contribution in [0.25, 0.3) is 6.15 Å². The Bertz CT molecular complexity index is 87.7. The van der Waals surface area contributed by atoms with Crippen LogP contribution in [0.4, 0.5) is 0 Å². The first-order chi connectivity index (χ1) is 3.00. The van der Waals surface area contributed by atoms with Crippen LogP contribution in [0.2, 0.25) is 0 Å². The number of hydrogen-bond acceptors (Lipinski definition) is 0. The minimum atomic E-state index is 0. The van der Waals surface area contributed by atoms with Gasteiger partial charge in [-0.1, -0.05) is 0 Å². The fraction of sp³-hybridized carbons (Fsp3) is 0. The van der Waals surface area contributed by atoms with Gasteiger partial charge in [-0.25, -0.2) is 0 Å². The Hall–Kier alpha value is 0.630. The molecule has 1 aromatic carbocycles. The minimum Gasteiger partial charge on any atom is -0.693 e. The second kappa shape index (κ2) is 16.3. The van der Waals surface area contributed by atoms with Gasteiger partial charge in [0.2, 0.25) is 0 Å². The molecule has 0 unspecified atom stereocenters. The zero-order chi connectivity index (χ0) is 4.24. The fourth-order valence-electron chi connectivity index (χ4n) is 0.342. The van der Waals surface area contributed by atoms with Crippen LogP contribution in [0.5, 0.6) is 0 Å². The molecule has 1 nitrogen and oxygen atoms in total. The second-order valence-corrected chi connectivity index (χ2v) is 1.08. The number of hydrogen-bond donors (Lipinski definition) is 0. The van der Waals surface area contributed by atoms with Crippen molar-refractivity contribution in [2.45, 2.75) is 0 Å². The number of halogens is 2. The van der Waals surface area contributed by atoms with Gasteiger partial charge in [0.25, 0.3) is 0 Å². The van der Waals surface area contributed by atoms with Crippen LogP contribution in [-0.4, -0.2) is 0 Å². The van der Waals surface area contributed by atoms with Gasteiger partial charge < -0.3 is 6.15 Å². The van der Waals surface area contributed by atoms with Crippen molar-refractivity contribution < 1.29 is 25.8 Å². The number of nitrogens with two attached hydrogens (primary N) is 1. The predicted octanol–water partition coefficient (Wildman–Crippen LogP) is 3.04. The maximum Gasteiger partial charge on any atom is 0 e. The van der Waals surface area contributed by atoms with E-state index in [1.54, 1.807) is 0 Å². The summed E-state index contributed by atoms with van der Waals surface area (Å²) in [7, 11) is 0. The van der Waals surface area contributed by atoms with Crippen LogP contribution in [0.3, 0.4) is 0 Å². The molecular weight excluding hydrogens is 335 g/mol. The van der Waals surface area contributed by atoms with Gasteiger partial charge in [0.15, 0.2) is 0 Å². The zero-order valence-electron chi connectivity index (χ0n) is 5.28. The van der Waals surface area contributed by atoms with E-state index in [0.29, 0.717) is 0 Å². The summed E-state index contributed by atoms with van der Waals surface area (Å²) in [5.41, 5.74) is 0. The van der Waals surface area contributed by atoms with Crippen LogP contribution in [0.15, 0.2) is 30.3 Å². The van der Waals surface area contributed by atoms with Crippen LogP contribution in [0, 0.1) is 6.07 Å². The summed E-state index contributed by atoms with van der Waals surface area (Å²) in [6.07, 6.45) is 0. The molecule has 0 bridgehead atoms. The number of rotatable bonds is 0. The van der Waals surface area contributed by atoms with E-state index in [2.05, 4.69) is 6.07 Å². The SMILES string of the molecule is Cl.Cl.[Hf].[NH2-].[c-]1ccccc1. The molecule has 2 N–H and O–H groups in total. The maximum absolute atomic E-state index is 2.89. The van der Waals surface area contributed by atoms with Gasteiger partial charge in [-0.2, -0.15) is 36.4 Å². The molecule has 0 aliphatic heterocycles. The Morgan fingerprint density at radius 3 is 1.30 bits per heavy atom. The summed E-state index contributed by atoms with van der Waals surface area (Å²) in [4.78, 5) is 0. The normalized spacial score (nSPS) is 4.80.